The van der Waals surface area contributed by atoms with E-state index in [2.05, 4.69) is 0 Å². The Morgan fingerprint density at radius 2 is 1.68 bits per heavy atom. The number of nitrogens with two attached hydrogens (primary N) is 1. The molecule has 12 heteroatoms. The number of hydrogen-bond acceptors (Lipinski definition) is 6. The van der Waals surface area contributed by atoms with E-state index in [-0.39, 0.29) is 181 Å². The number of rotatable bonds is 2. The number of hydrogen-bond donors (Lipinski definition) is 5. The van der Waals surface area contributed by atoms with Gasteiger partial charge in [-0.05, 0) is 0 Å². The van der Waals surface area contributed by atoms with Crippen molar-refractivity contribution in [2.75, 3.05) is 6.61 Å². The van der Waals surface area contributed by atoms with Crippen LogP contribution >= 0.6 is 11.8 Å². The number of nitrogens with one attached hydrogen (secondary N) is 2. The van der Waals surface area contributed by atoms with E-state index in [1.165, 1.54) is 0 Å². The molecule has 7 N–H and O–H groups in total. The number of amidine groups is 1. The number of ether oxygens (including phenoxy) is 1. The summed E-state index contributed by atoms with van der Waals surface area (Å²) < 4.78 is 5.14. The minimum absolute atomic E-state index is 0. The second-order valence-corrected chi connectivity index (χ2v) is 4.35. The summed E-state index contributed by atoms with van der Waals surface area (Å²) in [6.07, 6.45) is -3.55. The fourth-order valence-corrected chi connectivity index (χ4v) is 2.06. The molecule has 5 atom stereocenters. The Kier molecular flexibility index (Phi) is 28.4. The van der Waals surface area contributed by atoms with Gasteiger partial charge < -0.3 is 31.5 Å². The summed E-state index contributed by atoms with van der Waals surface area (Å²) in [6.45, 7) is -0.458. The van der Waals surface area contributed by atoms with Crippen LogP contribution in [0.3, 0.4) is 0 Å². The minimum atomic E-state index is -1.31. The number of thioether (sulfide) groups is 1. The summed E-state index contributed by atoms with van der Waals surface area (Å²) in [7, 11) is 0. The van der Waals surface area contributed by atoms with Crippen molar-refractivity contribution < 1.29 is 196 Å². The summed E-state index contributed by atoms with van der Waals surface area (Å²) in [5.41, 5.74) is 11.8. The Labute approximate surface area is 259 Å². The van der Waals surface area contributed by atoms with Crippen LogP contribution in [0.1, 0.15) is 0 Å². The topological polar surface area (TPSA) is 144 Å². The van der Waals surface area contributed by atoms with Gasteiger partial charge in [0.2, 0.25) is 0 Å². The van der Waals surface area contributed by atoms with Crippen molar-refractivity contribution in [2.45, 2.75) is 29.8 Å². The van der Waals surface area contributed by atoms with Gasteiger partial charge in [-0.2, -0.15) is 0 Å². The van der Waals surface area contributed by atoms with Gasteiger partial charge in [-0.3, -0.25) is 5.41 Å². The van der Waals surface area contributed by atoms with Gasteiger partial charge in [-0.15, -0.1) is 0 Å². The maximum atomic E-state index is 9.48. The van der Waals surface area contributed by atoms with Crippen LogP contribution in [-0.4, -0.2) is 56.9 Å². The molecule has 0 aliphatic carbocycles. The van der Waals surface area contributed by atoms with E-state index in [0.717, 1.165) is 11.8 Å². The summed E-state index contributed by atoms with van der Waals surface area (Å²) in [5.74, 6) is 0. The zero-order valence-corrected chi connectivity index (χ0v) is 29.9. The van der Waals surface area contributed by atoms with Crippen LogP contribution in [0.25, 0.3) is 5.73 Å². The second-order valence-electron chi connectivity index (χ2n) is 3.21. The Morgan fingerprint density at radius 1 is 1.21 bits per heavy atom. The van der Waals surface area contributed by atoms with Crippen LogP contribution in [0.2, 0.25) is 0 Å². The van der Waals surface area contributed by atoms with Gasteiger partial charge >= 0.3 is 0 Å². The molecule has 4 radical (unpaired) electrons. The smallest absolute Gasteiger partial charge is 0.153 e. The van der Waals surface area contributed by atoms with E-state index in [0.29, 0.717) is 0 Å². The van der Waals surface area contributed by atoms with Crippen molar-refractivity contribution in [3.63, 3.8) is 0 Å². The van der Waals surface area contributed by atoms with E-state index in [1.54, 1.807) is 0 Å². The van der Waals surface area contributed by atoms with Gasteiger partial charge in [-0.1, -0.05) is 17.8 Å². The summed E-state index contributed by atoms with van der Waals surface area (Å²) in [5, 5.41) is 34.5. The third-order valence-electron chi connectivity index (χ3n) is 2.12. The predicted octanol–water partition coefficient (Wildman–Crippen LogP) is -1.53. The molecule has 1 fully saturated rings. The van der Waals surface area contributed by atoms with Crippen molar-refractivity contribution in [1.29, 1.82) is 5.41 Å². The Morgan fingerprint density at radius 3 is 2.05 bits per heavy atom. The fraction of sp³-hybridized carbons (Fsp3) is 0.857. The quantitative estimate of drug-likeness (QED) is 0.168. The number of aliphatic hydroxyl groups excluding tert-OH is 3. The maximum Gasteiger partial charge on any atom is 0.153 e. The largest absolute Gasteiger partial charge is 0.670 e. The molecule has 19 heavy (non-hydrogen) atoms. The van der Waals surface area contributed by atoms with Crippen LogP contribution < -0.4 is 5.73 Å². The van der Waals surface area contributed by atoms with Gasteiger partial charge in [0.1, 0.15) is 12.2 Å². The van der Waals surface area contributed by atoms with Crippen LogP contribution in [-0.2, 0) is 4.74 Å². The molecule has 1 heterocycles. The molecular formula is C7H14Ac4N3O4S-. The molecule has 0 aromatic carbocycles. The van der Waals surface area contributed by atoms with Crippen LogP contribution in [0.4, 0.5) is 0 Å². The third-order valence-corrected chi connectivity index (χ3v) is 3.01. The molecule has 1 rings (SSSR count). The average Bonchev–Trinajstić information content (AvgIpc) is 2.18. The molecule has 0 spiro atoms. The van der Waals surface area contributed by atoms with Gasteiger partial charge in [0.25, 0.3) is 0 Å². The molecule has 1 aliphatic heterocycles. The molecular weight excluding hydrogens is 1130 g/mol. The molecule has 1 saturated heterocycles. The molecule has 7 nitrogen and oxygen atoms in total. The molecule has 0 saturated carbocycles. The average molecular weight is 1140 g/mol. The van der Waals surface area contributed by atoms with Crippen molar-refractivity contribution in [3.8, 4) is 0 Å². The SMILES string of the molecule is N=C(N)S[C@@H]1OC(CO)[C@H](O)[C@@H](O)C1[NH-].[Ac].[Ac].[Ac].[Ac]. The van der Waals surface area contributed by atoms with E-state index in [9.17, 15) is 10.2 Å². The maximum absolute atomic E-state index is 9.48. The van der Waals surface area contributed by atoms with E-state index in [1.807, 2.05) is 0 Å². The van der Waals surface area contributed by atoms with Crippen LogP contribution in [0, 0.1) is 182 Å². The molecule has 0 bridgehead atoms. The zero-order valence-electron chi connectivity index (χ0n) is 10.1. The standard InChI is InChI=1S/C7H14N3O4S.4Ac/c8-3-5(13)4(12)2(1-11)14-6(3)15-7(9)10;;;;/h2-6,8,11-13H,1H2,(H3,9,10);;;;/q-1;;;;/t2?,3?,4-,5-,6-;;;;/m0..../s1. The molecule has 0 amide bonds. The van der Waals surface area contributed by atoms with Gasteiger partial charge in [-0.25, -0.2) is 0 Å². The summed E-state index contributed by atoms with van der Waals surface area (Å²) >= 11 is 0.778. The fourth-order valence-electron chi connectivity index (χ4n) is 1.31. The van der Waals surface area contributed by atoms with Crippen molar-refractivity contribution in [1.82, 2.24) is 0 Å². The predicted molar refractivity (Wildman–Crippen MR) is 55.4 cm³/mol. The Balaban J connectivity index is -0.000000281. The Hall–Kier alpha value is 5.39. The van der Waals surface area contributed by atoms with E-state index in [4.69, 9.17) is 26.7 Å². The molecule has 0 aromatic heterocycles. The van der Waals surface area contributed by atoms with Crippen LogP contribution in [0.15, 0.2) is 0 Å². The normalized spacial score (nSPS) is 32.7. The monoisotopic (exact) mass is 1140 g/mol. The van der Waals surface area contributed by atoms with Crippen molar-refractivity contribution >= 4 is 16.9 Å². The van der Waals surface area contributed by atoms with Gasteiger partial charge in [0, 0.05) is 176 Å². The molecule has 0 aromatic rings. The molecule has 100 valence electrons. The molecule has 2 unspecified atom stereocenters. The Bertz CT molecular complexity index is 254. The zero-order chi connectivity index (χ0) is 11.6. The first-order chi connectivity index (χ1) is 6.97. The third kappa shape index (κ3) is 10.9. The van der Waals surface area contributed by atoms with Gasteiger partial charge in [0.05, 0.1) is 18.1 Å². The first kappa shape index (κ1) is 32.1. The van der Waals surface area contributed by atoms with Gasteiger partial charge in [0.15, 0.2) is 5.17 Å². The molecule has 1 aliphatic rings. The van der Waals surface area contributed by atoms with E-state index >= 15 is 0 Å². The first-order valence-corrected chi connectivity index (χ1v) is 5.19. The number of aliphatic hydroxyl groups is 3. The summed E-state index contributed by atoms with van der Waals surface area (Å²) in [4.78, 5) is 0. The van der Waals surface area contributed by atoms with Crippen molar-refractivity contribution in [3.05, 3.63) is 5.73 Å². The first-order valence-electron chi connectivity index (χ1n) is 4.31. The minimum Gasteiger partial charge on any atom is -0.670 e. The van der Waals surface area contributed by atoms with Crippen LogP contribution in [0.5, 0.6) is 0 Å². The summed E-state index contributed by atoms with van der Waals surface area (Å²) in [6, 6.07) is -1.10. The second kappa shape index (κ2) is 16.8. The van der Waals surface area contributed by atoms with Crippen molar-refractivity contribution in [2.24, 2.45) is 5.73 Å². The van der Waals surface area contributed by atoms with E-state index < -0.39 is 36.4 Å².